The predicted octanol–water partition coefficient (Wildman–Crippen LogP) is 6.20. The lowest BCUT2D eigenvalue weighted by Crippen LogP contribution is -2.41. The van der Waals surface area contributed by atoms with E-state index < -0.39 is 11.2 Å². The first-order chi connectivity index (χ1) is 20.4. The first-order valence-corrected chi connectivity index (χ1v) is 15.1. The quantitative estimate of drug-likeness (QED) is 0.268. The lowest BCUT2D eigenvalue weighted by Gasteiger charge is -2.33. The molecule has 0 aliphatic carbocycles. The zero-order valence-corrected chi connectivity index (χ0v) is 26.5. The van der Waals surface area contributed by atoms with Gasteiger partial charge in [0.05, 0.1) is 35.9 Å². The van der Waals surface area contributed by atoms with Gasteiger partial charge in [0.1, 0.15) is 5.60 Å². The van der Waals surface area contributed by atoms with Crippen LogP contribution in [0.1, 0.15) is 68.1 Å². The molecule has 1 saturated heterocycles. The van der Waals surface area contributed by atoms with E-state index in [1.807, 2.05) is 65.1 Å². The summed E-state index contributed by atoms with van der Waals surface area (Å²) in [5.41, 5.74) is 2.20. The molecule has 43 heavy (non-hydrogen) atoms. The van der Waals surface area contributed by atoms with Gasteiger partial charge in [-0.3, -0.25) is 4.98 Å². The van der Waals surface area contributed by atoms with Crippen LogP contribution in [0.15, 0.2) is 49.1 Å². The molecular formula is C33H40ClN5O4. The smallest absolute Gasteiger partial charge is 0.410 e. The molecule has 1 aliphatic rings. The number of aromatic nitrogens is 4. The fourth-order valence-corrected chi connectivity index (χ4v) is 6.11. The van der Waals surface area contributed by atoms with E-state index in [0.717, 1.165) is 35.9 Å². The number of likely N-dealkylation sites (tertiary alicyclic amines) is 1. The van der Waals surface area contributed by atoms with Gasteiger partial charge in [0.2, 0.25) is 5.88 Å². The van der Waals surface area contributed by atoms with Gasteiger partial charge in [0, 0.05) is 48.5 Å². The van der Waals surface area contributed by atoms with Crippen LogP contribution < -0.4 is 4.74 Å². The molecule has 1 atom stereocenters. The average molecular weight is 606 g/mol. The highest BCUT2D eigenvalue weighted by molar-refractivity contribution is 6.36. The van der Waals surface area contributed by atoms with Crippen molar-refractivity contribution in [1.82, 2.24) is 24.4 Å². The second-order valence-electron chi connectivity index (χ2n) is 12.4. The van der Waals surface area contributed by atoms with Gasteiger partial charge >= 0.3 is 6.09 Å². The number of benzene rings is 1. The highest BCUT2D eigenvalue weighted by Gasteiger charge is 2.37. The van der Waals surface area contributed by atoms with Crippen molar-refractivity contribution in [3.63, 3.8) is 0 Å². The maximum Gasteiger partial charge on any atom is 0.410 e. The molecule has 1 unspecified atom stereocenters. The van der Waals surface area contributed by atoms with Gasteiger partial charge < -0.3 is 24.0 Å². The number of ether oxygens (including phenoxy) is 2. The summed E-state index contributed by atoms with van der Waals surface area (Å²) in [5, 5.41) is 13.7. The molecule has 5 rings (SSSR count). The average Bonchev–Trinajstić information content (AvgIpc) is 3.42. The first-order valence-electron chi connectivity index (χ1n) is 14.7. The van der Waals surface area contributed by atoms with E-state index in [4.69, 9.17) is 26.1 Å². The summed E-state index contributed by atoms with van der Waals surface area (Å²) in [6, 6.07) is 9.38. The fourth-order valence-electron chi connectivity index (χ4n) is 5.78. The number of rotatable bonds is 7. The fraction of sp³-hybridized carbons (Fsp3) is 0.455. The third-order valence-electron chi connectivity index (χ3n) is 8.17. The van der Waals surface area contributed by atoms with Crippen molar-refractivity contribution in [3.8, 4) is 5.88 Å². The van der Waals surface area contributed by atoms with E-state index in [9.17, 15) is 9.90 Å². The number of amides is 1. The number of aryl methyl sites for hydroxylation is 2. The zero-order valence-electron chi connectivity index (χ0n) is 25.7. The lowest BCUT2D eigenvalue weighted by atomic mass is 9.83. The van der Waals surface area contributed by atoms with Crippen molar-refractivity contribution >= 4 is 28.6 Å². The van der Waals surface area contributed by atoms with Crippen LogP contribution in [0.3, 0.4) is 0 Å². The molecule has 1 aromatic carbocycles. The van der Waals surface area contributed by atoms with Gasteiger partial charge in [-0.15, -0.1) is 0 Å². The molecule has 1 amide bonds. The van der Waals surface area contributed by atoms with E-state index in [0.29, 0.717) is 58.7 Å². The van der Waals surface area contributed by atoms with Crippen molar-refractivity contribution in [2.45, 2.75) is 64.6 Å². The number of pyridine rings is 2. The Bertz CT molecular complexity index is 1610. The molecule has 0 radical (unpaired) electrons. The Morgan fingerprint density at radius 2 is 1.84 bits per heavy atom. The summed E-state index contributed by atoms with van der Waals surface area (Å²) in [4.78, 5) is 27.8. The van der Waals surface area contributed by atoms with Gasteiger partial charge in [0.15, 0.2) is 5.60 Å². The Kier molecular flexibility index (Phi) is 8.68. The van der Waals surface area contributed by atoms with Crippen LogP contribution >= 0.6 is 11.6 Å². The molecule has 4 heterocycles. The van der Waals surface area contributed by atoms with E-state index in [1.54, 1.807) is 35.3 Å². The van der Waals surface area contributed by atoms with Gasteiger partial charge in [0.25, 0.3) is 0 Å². The molecule has 0 bridgehead atoms. The third-order valence-corrected chi connectivity index (χ3v) is 8.61. The number of carbonyl (C=O) groups is 1. The predicted molar refractivity (Wildman–Crippen MR) is 166 cm³/mol. The van der Waals surface area contributed by atoms with Gasteiger partial charge in [-0.05, 0) is 83.1 Å². The molecule has 1 N–H and O–H groups in total. The van der Waals surface area contributed by atoms with Gasteiger partial charge in [-0.2, -0.15) is 0 Å². The van der Waals surface area contributed by atoms with Crippen LogP contribution in [-0.4, -0.2) is 61.4 Å². The Morgan fingerprint density at radius 3 is 2.44 bits per heavy atom. The number of piperidine rings is 1. The Balaban J connectivity index is 1.43. The number of imidazole rings is 1. The molecule has 0 saturated carbocycles. The highest BCUT2D eigenvalue weighted by Crippen LogP contribution is 2.40. The molecule has 1 fully saturated rings. The van der Waals surface area contributed by atoms with Crippen LogP contribution in [0.5, 0.6) is 5.88 Å². The first kappa shape index (κ1) is 30.8. The number of hydrogen-bond donors (Lipinski definition) is 1. The van der Waals surface area contributed by atoms with E-state index in [2.05, 4.69) is 9.97 Å². The van der Waals surface area contributed by atoms with Crippen LogP contribution in [0.4, 0.5) is 4.79 Å². The van der Waals surface area contributed by atoms with E-state index in [1.165, 1.54) is 0 Å². The number of fused-ring (bicyclic) bond motifs is 1. The van der Waals surface area contributed by atoms with Crippen LogP contribution in [0.2, 0.25) is 5.02 Å². The van der Waals surface area contributed by atoms with Crippen LogP contribution in [-0.2, 0) is 23.8 Å². The number of nitrogens with zero attached hydrogens (tertiary/aromatic N) is 5. The monoisotopic (exact) mass is 605 g/mol. The molecule has 228 valence electrons. The molecule has 10 heteroatoms. The topological polar surface area (TPSA) is 103 Å². The van der Waals surface area contributed by atoms with Gasteiger partial charge in [-0.25, -0.2) is 14.8 Å². The number of halogens is 1. The number of aliphatic hydroxyl groups is 1. The summed E-state index contributed by atoms with van der Waals surface area (Å²) in [6.45, 7) is 8.90. The summed E-state index contributed by atoms with van der Waals surface area (Å²) in [6.07, 6.45) is 8.13. The van der Waals surface area contributed by atoms with Crippen molar-refractivity contribution in [2.75, 3.05) is 20.2 Å². The van der Waals surface area contributed by atoms with Crippen LogP contribution in [0, 0.1) is 12.8 Å². The third kappa shape index (κ3) is 6.33. The summed E-state index contributed by atoms with van der Waals surface area (Å²) >= 11 is 7.11. The summed E-state index contributed by atoms with van der Waals surface area (Å²) in [5.74, 6) is 0.937. The second kappa shape index (κ2) is 12.1. The maximum atomic E-state index is 12.5. The minimum Gasteiger partial charge on any atom is -0.481 e. The van der Waals surface area contributed by atoms with Crippen molar-refractivity contribution in [1.29, 1.82) is 0 Å². The number of hydrogen-bond acceptors (Lipinski definition) is 7. The Morgan fingerprint density at radius 1 is 1.12 bits per heavy atom. The molecule has 9 nitrogen and oxygen atoms in total. The zero-order chi connectivity index (χ0) is 30.9. The molecule has 0 spiro atoms. The standard InChI is InChI=1S/C33H40ClN5O4/c1-21-7-9-24(18-36-21)33(41,28-19-35-20-38(28)5)23-10-12-27-26(17-23)29(34)25(30(37-27)42-6)11-8-22-13-15-39(16-14-22)31(40)43-32(2,3)4/h7,9-10,12,17-20,22,41H,8,11,13-16H2,1-6H3. The Hall–Kier alpha value is -3.69. The maximum absolute atomic E-state index is 12.5. The lowest BCUT2D eigenvalue weighted by molar-refractivity contribution is 0.0181. The molecule has 1 aliphatic heterocycles. The highest BCUT2D eigenvalue weighted by atomic mass is 35.5. The summed E-state index contributed by atoms with van der Waals surface area (Å²) < 4.78 is 13.0. The van der Waals surface area contributed by atoms with E-state index in [-0.39, 0.29) is 6.09 Å². The van der Waals surface area contributed by atoms with Gasteiger partial charge in [-0.1, -0.05) is 23.7 Å². The number of methoxy groups -OCH3 is 1. The number of carbonyl (C=O) groups excluding carboxylic acids is 1. The van der Waals surface area contributed by atoms with Crippen molar-refractivity contribution < 1.29 is 19.4 Å². The summed E-state index contributed by atoms with van der Waals surface area (Å²) in [7, 11) is 3.46. The normalized spacial score (nSPS) is 15.9. The largest absolute Gasteiger partial charge is 0.481 e. The van der Waals surface area contributed by atoms with Crippen LogP contribution in [0.25, 0.3) is 10.9 Å². The minimum absolute atomic E-state index is 0.252. The Labute approximate surface area is 257 Å². The molecule has 3 aromatic heterocycles. The molecule has 4 aromatic rings. The molecular weight excluding hydrogens is 566 g/mol. The second-order valence-corrected chi connectivity index (χ2v) is 12.8. The SMILES string of the molecule is COc1nc2ccc(C(O)(c3ccc(C)nc3)c3cncn3C)cc2c(Cl)c1CCC1CCN(C(=O)OC(C)(C)C)CC1. The van der Waals surface area contributed by atoms with E-state index >= 15 is 0 Å². The van der Waals surface area contributed by atoms with Crippen molar-refractivity contribution in [3.05, 3.63) is 82.2 Å². The minimum atomic E-state index is -1.52. The van der Waals surface area contributed by atoms with Crippen molar-refractivity contribution in [2.24, 2.45) is 13.0 Å².